The molecule has 0 aliphatic heterocycles. The molecular formula is C24H25N5O3. The molecule has 1 aliphatic rings. The molecule has 0 saturated heterocycles. The normalized spacial score (nSPS) is 14.3. The standard InChI is InChI=1S/C24H25N5O3/c1-14-10-18(29-24(32)27-23(31)20(13-25)28-29)11-15(2)19(14)12-17-8-9-21(30)22(26-17)16-6-4-3-5-7-16/h8-11,16,30H,3-7,12H2,1-2H3,(H,27,31,32). The van der Waals surface area contributed by atoms with Crippen LogP contribution in [-0.4, -0.2) is 24.9 Å². The Labute approximate surface area is 185 Å². The van der Waals surface area contributed by atoms with Crippen molar-refractivity contribution in [1.82, 2.24) is 19.7 Å². The first-order valence-corrected chi connectivity index (χ1v) is 10.8. The molecule has 0 unspecified atom stereocenters. The summed E-state index contributed by atoms with van der Waals surface area (Å²) in [4.78, 5) is 30.8. The zero-order valence-electron chi connectivity index (χ0n) is 18.2. The van der Waals surface area contributed by atoms with E-state index in [-0.39, 0.29) is 11.4 Å². The maximum absolute atomic E-state index is 12.2. The maximum atomic E-state index is 12.2. The molecule has 1 aromatic carbocycles. The summed E-state index contributed by atoms with van der Waals surface area (Å²) in [5.74, 6) is 0.571. The van der Waals surface area contributed by atoms with E-state index in [0.29, 0.717) is 18.0 Å². The molecule has 2 heterocycles. The summed E-state index contributed by atoms with van der Waals surface area (Å²) in [6.45, 7) is 3.88. The Hall–Kier alpha value is -3.73. The fourth-order valence-electron chi connectivity index (χ4n) is 4.49. The van der Waals surface area contributed by atoms with Crippen LogP contribution in [0.4, 0.5) is 0 Å². The summed E-state index contributed by atoms with van der Waals surface area (Å²) < 4.78 is 1.03. The van der Waals surface area contributed by atoms with Gasteiger partial charge in [-0.05, 0) is 67.6 Å². The molecule has 2 aromatic heterocycles. The third-order valence-corrected chi connectivity index (χ3v) is 6.17. The maximum Gasteiger partial charge on any atom is 0.349 e. The van der Waals surface area contributed by atoms with Gasteiger partial charge in [0.05, 0.1) is 11.4 Å². The number of aromatic hydroxyl groups is 1. The second kappa shape index (κ2) is 8.79. The Balaban J connectivity index is 1.68. The van der Waals surface area contributed by atoms with Gasteiger partial charge in [-0.2, -0.15) is 9.94 Å². The van der Waals surface area contributed by atoms with Gasteiger partial charge < -0.3 is 5.11 Å². The average Bonchev–Trinajstić information content (AvgIpc) is 2.78. The van der Waals surface area contributed by atoms with Crippen LogP contribution in [0.25, 0.3) is 5.69 Å². The number of hydrogen-bond donors (Lipinski definition) is 2. The first-order valence-electron chi connectivity index (χ1n) is 10.8. The van der Waals surface area contributed by atoms with Crippen LogP contribution >= 0.6 is 0 Å². The quantitative estimate of drug-likeness (QED) is 0.654. The fourth-order valence-corrected chi connectivity index (χ4v) is 4.49. The predicted molar refractivity (Wildman–Crippen MR) is 119 cm³/mol. The number of nitrogens with one attached hydrogen (secondary N) is 1. The third kappa shape index (κ3) is 4.19. The molecule has 0 atom stereocenters. The highest BCUT2D eigenvalue weighted by Gasteiger charge is 2.21. The summed E-state index contributed by atoms with van der Waals surface area (Å²) in [5.41, 5.74) is 3.23. The second-order valence-electron chi connectivity index (χ2n) is 8.41. The molecule has 0 bridgehead atoms. The predicted octanol–water partition coefficient (Wildman–Crippen LogP) is 3.15. The largest absolute Gasteiger partial charge is 0.506 e. The second-order valence-corrected chi connectivity index (χ2v) is 8.41. The lowest BCUT2D eigenvalue weighted by Crippen LogP contribution is -2.33. The van der Waals surface area contributed by atoms with Crippen LogP contribution in [0, 0.1) is 25.2 Å². The SMILES string of the molecule is Cc1cc(-n2nc(C#N)c(=O)[nH]c2=O)cc(C)c1Cc1ccc(O)c(C2CCCCC2)n1. The summed E-state index contributed by atoms with van der Waals surface area (Å²) in [6.07, 6.45) is 6.29. The van der Waals surface area contributed by atoms with Crippen molar-refractivity contribution in [3.63, 3.8) is 0 Å². The van der Waals surface area contributed by atoms with E-state index >= 15 is 0 Å². The van der Waals surface area contributed by atoms with E-state index in [9.17, 15) is 14.7 Å². The van der Waals surface area contributed by atoms with Crippen molar-refractivity contribution in [2.24, 2.45) is 0 Å². The summed E-state index contributed by atoms with van der Waals surface area (Å²) in [5, 5.41) is 23.3. The van der Waals surface area contributed by atoms with E-state index in [2.05, 4.69) is 10.1 Å². The van der Waals surface area contributed by atoms with Gasteiger partial charge in [0, 0.05) is 18.0 Å². The van der Waals surface area contributed by atoms with E-state index in [1.54, 1.807) is 24.3 Å². The number of H-pyrrole nitrogens is 1. The number of aromatic amines is 1. The number of benzene rings is 1. The van der Waals surface area contributed by atoms with Crippen LogP contribution in [0.15, 0.2) is 33.9 Å². The number of aryl methyl sites for hydroxylation is 2. The fraction of sp³-hybridized carbons (Fsp3) is 0.375. The molecule has 8 heteroatoms. The van der Waals surface area contributed by atoms with E-state index in [4.69, 9.17) is 10.2 Å². The molecule has 0 amide bonds. The Morgan fingerprint density at radius 3 is 2.50 bits per heavy atom. The van der Waals surface area contributed by atoms with Crippen molar-refractivity contribution < 1.29 is 5.11 Å². The highest BCUT2D eigenvalue weighted by molar-refractivity contribution is 5.46. The van der Waals surface area contributed by atoms with Crippen molar-refractivity contribution >= 4 is 0 Å². The third-order valence-electron chi connectivity index (χ3n) is 6.17. The van der Waals surface area contributed by atoms with E-state index in [1.807, 2.05) is 19.9 Å². The lowest BCUT2D eigenvalue weighted by molar-refractivity contribution is 0.405. The first-order chi connectivity index (χ1) is 15.4. The topological polar surface area (TPSA) is 125 Å². The molecule has 1 saturated carbocycles. The number of nitriles is 1. The van der Waals surface area contributed by atoms with E-state index < -0.39 is 11.2 Å². The van der Waals surface area contributed by atoms with E-state index in [1.165, 1.54) is 19.3 Å². The minimum Gasteiger partial charge on any atom is -0.506 e. The van der Waals surface area contributed by atoms with Crippen LogP contribution in [0.2, 0.25) is 0 Å². The van der Waals surface area contributed by atoms with Gasteiger partial charge in [-0.25, -0.2) is 4.79 Å². The van der Waals surface area contributed by atoms with Crippen LogP contribution < -0.4 is 11.2 Å². The summed E-state index contributed by atoms with van der Waals surface area (Å²) >= 11 is 0. The Morgan fingerprint density at radius 1 is 1.16 bits per heavy atom. The van der Waals surface area contributed by atoms with Crippen molar-refractivity contribution in [2.75, 3.05) is 0 Å². The monoisotopic (exact) mass is 431 g/mol. The number of pyridine rings is 1. The van der Waals surface area contributed by atoms with Crippen molar-refractivity contribution in [3.05, 3.63) is 78.9 Å². The lowest BCUT2D eigenvalue weighted by atomic mass is 9.86. The molecule has 1 aliphatic carbocycles. The number of hydrogen-bond acceptors (Lipinski definition) is 6. The first kappa shape index (κ1) is 21.5. The average molecular weight is 431 g/mol. The van der Waals surface area contributed by atoms with Crippen LogP contribution in [0.5, 0.6) is 5.75 Å². The van der Waals surface area contributed by atoms with Gasteiger partial charge in [0.25, 0.3) is 5.56 Å². The molecule has 3 aromatic rings. The van der Waals surface area contributed by atoms with Gasteiger partial charge in [0.2, 0.25) is 5.69 Å². The molecule has 32 heavy (non-hydrogen) atoms. The van der Waals surface area contributed by atoms with Crippen molar-refractivity contribution in [2.45, 2.75) is 58.3 Å². The molecule has 0 radical (unpaired) electrons. The highest BCUT2D eigenvalue weighted by atomic mass is 16.3. The zero-order chi connectivity index (χ0) is 22.8. The van der Waals surface area contributed by atoms with Crippen molar-refractivity contribution in [1.29, 1.82) is 5.26 Å². The molecule has 164 valence electrons. The van der Waals surface area contributed by atoms with Crippen LogP contribution in [0.3, 0.4) is 0 Å². The molecule has 8 nitrogen and oxygen atoms in total. The van der Waals surface area contributed by atoms with Gasteiger partial charge in [-0.1, -0.05) is 19.3 Å². The van der Waals surface area contributed by atoms with Crippen molar-refractivity contribution in [3.8, 4) is 17.5 Å². The minimum absolute atomic E-state index is 0.265. The molecule has 2 N–H and O–H groups in total. The van der Waals surface area contributed by atoms with E-state index in [0.717, 1.165) is 45.6 Å². The van der Waals surface area contributed by atoms with Crippen LogP contribution in [0.1, 0.15) is 71.8 Å². The molecule has 1 fully saturated rings. The molecule has 0 spiro atoms. The Kier molecular flexibility index (Phi) is 5.91. The Bertz CT molecular complexity index is 1300. The van der Waals surface area contributed by atoms with Gasteiger partial charge >= 0.3 is 5.69 Å². The smallest absolute Gasteiger partial charge is 0.349 e. The number of nitrogens with zero attached hydrogens (tertiary/aromatic N) is 4. The van der Waals surface area contributed by atoms with Gasteiger partial charge in [-0.15, -0.1) is 5.10 Å². The van der Waals surface area contributed by atoms with Gasteiger partial charge in [-0.3, -0.25) is 14.8 Å². The Morgan fingerprint density at radius 2 is 1.84 bits per heavy atom. The van der Waals surface area contributed by atoms with Crippen LogP contribution in [-0.2, 0) is 6.42 Å². The van der Waals surface area contributed by atoms with Gasteiger partial charge in [0.1, 0.15) is 11.8 Å². The van der Waals surface area contributed by atoms with Gasteiger partial charge in [0.15, 0.2) is 0 Å². The molecular weight excluding hydrogens is 406 g/mol. The summed E-state index contributed by atoms with van der Waals surface area (Å²) in [7, 11) is 0. The summed E-state index contributed by atoms with van der Waals surface area (Å²) in [6, 6.07) is 8.89. The molecule has 4 rings (SSSR count). The highest BCUT2D eigenvalue weighted by Crippen LogP contribution is 2.36. The number of rotatable bonds is 4. The zero-order valence-corrected chi connectivity index (χ0v) is 18.2. The minimum atomic E-state index is -0.800. The lowest BCUT2D eigenvalue weighted by Gasteiger charge is -2.22. The number of aromatic nitrogens is 4.